The number of nitrogens with zero attached hydrogens (tertiary/aromatic N) is 1. The van der Waals surface area contributed by atoms with E-state index in [0.717, 1.165) is 5.56 Å². The molecule has 1 saturated heterocycles. The highest BCUT2D eigenvalue weighted by atomic mass is 35.5. The first-order valence-electron chi connectivity index (χ1n) is 13.1. The van der Waals surface area contributed by atoms with E-state index in [1.54, 1.807) is 24.1 Å². The highest BCUT2D eigenvalue weighted by Crippen LogP contribution is 2.72. The fourth-order valence-electron chi connectivity index (χ4n) is 8.81. The fourth-order valence-corrected chi connectivity index (χ4v) is 9.13. The number of hydrogen-bond acceptors (Lipinski definition) is 5. The Morgan fingerprint density at radius 3 is 2.61 bits per heavy atom. The number of hydroxylamine groups is 2. The van der Waals surface area contributed by atoms with E-state index in [2.05, 4.69) is 0 Å². The quantitative estimate of drug-likeness (QED) is 0.509. The lowest BCUT2D eigenvalue weighted by Gasteiger charge is -2.63. The molecule has 5 aliphatic rings. The van der Waals surface area contributed by atoms with Crippen molar-refractivity contribution < 1.29 is 28.3 Å². The molecular formula is C29H31Cl2F2NO4. The Balaban J connectivity index is 1.39. The van der Waals surface area contributed by atoms with Crippen molar-refractivity contribution >= 4 is 34.8 Å². The molecule has 1 aliphatic heterocycles. The van der Waals surface area contributed by atoms with Crippen molar-refractivity contribution in [2.75, 3.05) is 12.4 Å². The number of carbonyl (C=O) groups excluding carboxylic acids is 2. The summed E-state index contributed by atoms with van der Waals surface area (Å²) in [5.74, 6) is -2.55. The maximum Gasteiger partial charge on any atom is 0.182 e. The number of fused-ring (bicyclic) bond motifs is 7. The van der Waals surface area contributed by atoms with Crippen LogP contribution in [-0.2, 0) is 21.0 Å². The van der Waals surface area contributed by atoms with E-state index in [-0.39, 0.29) is 41.8 Å². The minimum absolute atomic E-state index is 0.0415. The minimum atomic E-state index is -2.20. The molecular weight excluding hydrogens is 535 g/mol. The van der Waals surface area contributed by atoms with Crippen molar-refractivity contribution in [1.29, 1.82) is 0 Å². The van der Waals surface area contributed by atoms with Crippen LogP contribution in [0.2, 0.25) is 5.02 Å². The van der Waals surface area contributed by atoms with Gasteiger partial charge in [-0.25, -0.2) is 8.78 Å². The van der Waals surface area contributed by atoms with Crippen LogP contribution < -0.4 is 0 Å². The normalized spacial score (nSPS) is 45.7. The number of aliphatic hydroxyl groups is 1. The van der Waals surface area contributed by atoms with Gasteiger partial charge in [-0.15, -0.1) is 11.6 Å². The SMILES string of the molecule is C[C@]12C=CC(=O)C=C1[C@@H](F)C[C@H]1[C@@H]3C[C@H]4CN(Cc5ccc(Cl)cc5)O[C@@]4(C(=O)CCl)[C@@]3(C)C[C@H](O)[C@@]12F. The number of allylic oxidation sites excluding steroid dienone is 4. The molecule has 3 saturated carbocycles. The molecule has 0 radical (unpaired) electrons. The smallest absolute Gasteiger partial charge is 0.182 e. The van der Waals surface area contributed by atoms with E-state index in [9.17, 15) is 14.7 Å². The van der Waals surface area contributed by atoms with Crippen molar-refractivity contribution in [3.05, 3.63) is 58.7 Å². The summed E-state index contributed by atoms with van der Waals surface area (Å²) in [6.45, 7) is 4.29. The molecule has 1 heterocycles. The number of rotatable bonds is 4. The summed E-state index contributed by atoms with van der Waals surface area (Å²) in [6, 6.07) is 7.35. The van der Waals surface area contributed by atoms with Gasteiger partial charge in [0.2, 0.25) is 0 Å². The number of aliphatic hydroxyl groups excluding tert-OH is 1. The van der Waals surface area contributed by atoms with E-state index in [4.69, 9.17) is 28.0 Å². The van der Waals surface area contributed by atoms with Gasteiger partial charge >= 0.3 is 0 Å². The molecule has 1 aromatic rings. The number of alkyl halides is 3. The van der Waals surface area contributed by atoms with Crippen molar-refractivity contribution in [1.82, 2.24) is 5.06 Å². The third kappa shape index (κ3) is 3.26. The highest BCUT2D eigenvalue weighted by molar-refractivity contribution is 6.30. The number of benzene rings is 1. The molecule has 0 spiro atoms. The van der Waals surface area contributed by atoms with E-state index < -0.39 is 46.2 Å². The van der Waals surface area contributed by atoms with Gasteiger partial charge in [0.25, 0.3) is 0 Å². The van der Waals surface area contributed by atoms with Crippen LogP contribution in [0.25, 0.3) is 0 Å². The van der Waals surface area contributed by atoms with Crippen molar-refractivity contribution in [2.45, 2.75) is 63.2 Å². The Hall–Kier alpha value is -1.64. The van der Waals surface area contributed by atoms with Crippen LogP contribution in [-0.4, -0.2) is 57.7 Å². The zero-order chi connectivity index (χ0) is 27.3. The Kier molecular flexibility index (Phi) is 6.07. The van der Waals surface area contributed by atoms with Gasteiger partial charge in [-0.05, 0) is 67.5 Å². The summed E-state index contributed by atoms with van der Waals surface area (Å²) in [5, 5.41) is 13.9. The highest BCUT2D eigenvalue weighted by Gasteiger charge is 2.79. The molecule has 5 nitrogen and oxygen atoms in total. The lowest BCUT2D eigenvalue weighted by atomic mass is 9.44. The van der Waals surface area contributed by atoms with Crippen LogP contribution in [0.15, 0.2) is 48.1 Å². The lowest BCUT2D eigenvalue weighted by Crippen LogP contribution is -2.70. The molecule has 4 fully saturated rings. The first kappa shape index (κ1) is 26.6. The standard InChI is InChI=1S/C29H31Cl2F2NO4/c1-26-8-7-19(35)10-22(26)23(32)11-21-20-9-17-15-34(14-16-3-5-18(31)6-4-16)38-29(17,25(37)13-30)27(20,2)12-24(36)28(21,26)33/h3-8,10,17,20-21,23-24,36H,9,11-15H2,1-2H3/t17-,20-,21-,23-,24-,26-,27-,28-,29-/m0/s1. The maximum absolute atomic E-state index is 17.4. The van der Waals surface area contributed by atoms with Crippen LogP contribution in [0.1, 0.15) is 38.7 Å². The topological polar surface area (TPSA) is 66.8 Å². The fraction of sp³-hybridized carbons (Fsp3) is 0.586. The summed E-state index contributed by atoms with van der Waals surface area (Å²) in [7, 11) is 0. The van der Waals surface area contributed by atoms with Gasteiger partial charge < -0.3 is 5.11 Å². The molecule has 204 valence electrons. The predicted molar refractivity (Wildman–Crippen MR) is 139 cm³/mol. The van der Waals surface area contributed by atoms with E-state index in [1.807, 2.05) is 19.1 Å². The first-order chi connectivity index (χ1) is 17.9. The molecule has 9 atom stereocenters. The van der Waals surface area contributed by atoms with Crippen molar-refractivity contribution in [2.24, 2.45) is 28.6 Å². The van der Waals surface area contributed by atoms with Crippen molar-refractivity contribution in [3.63, 3.8) is 0 Å². The lowest BCUT2D eigenvalue weighted by molar-refractivity contribution is -0.268. The number of ketones is 2. The summed E-state index contributed by atoms with van der Waals surface area (Å²) >= 11 is 12.2. The van der Waals surface area contributed by atoms with Gasteiger partial charge in [-0.3, -0.25) is 14.4 Å². The Labute approximate surface area is 230 Å². The average molecular weight is 566 g/mol. The summed E-state index contributed by atoms with van der Waals surface area (Å²) in [5.41, 5.74) is -4.95. The second-order valence-corrected chi connectivity index (χ2v) is 12.8. The monoisotopic (exact) mass is 565 g/mol. The number of carbonyl (C=O) groups is 2. The van der Waals surface area contributed by atoms with Gasteiger partial charge in [-0.2, -0.15) is 5.06 Å². The second kappa shape index (κ2) is 8.68. The molecule has 0 unspecified atom stereocenters. The predicted octanol–water partition coefficient (Wildman–Crippen LogP) is 5.18. The summed E-state index contributed by atoms with van der Waals surface area (Å²) in [4.78, 5) is 32.2. The van der Waals surface area contributed by atoms with Crippen molar-refractivity contribution in [3.8, 4) is 0 Å². The molecule has 9 heteroatoms. The van der Waals surface area contributed by atoms with Gasteiger partial charge in [0.05, 0.1) is 12.0 Å². The van der Waals surface area contributed by atoms with E-state index >= 15 is 8.78 Å². The number of Topliss-reactive ketones (excluding diaryl/α,β-unsaturated/α-hetero) is 1. The molecule has 1 aromatic carbocycles. The third-order valence-corrected chi connectivity index (χ3v) is 11.0. The van der Waals surface area contributed by atoms with E-state index in [1.165, 1.54) is 18.2 Å². The zero-order valence-electron chi connectivity index (χ0n) is 21.3. The molecule has 0 bridgehead atoms. The van der Waals surface area contributed by atoms with Crippen LogP contribution in [0, 0.1) is 28.6 Å². The third-order valence-electron chi connectivity index (χ3n) is 10.5. The van der Waals surface area contributed by atoms with Gasteiger partial charge in [0.15, 0.2) is 22.8 Å². The largest absolute Gasteiger partial charge is 0.390 e. The molecule has 0 aromatic heterocycles. The second-order valence-electron chi connectivity index (χ2n) is 12.1. The average Bonchev–Trinajstić information content (AvgIpc) is 3.35. The van der Waals surface area contributed by atoms with Crippen LogP contribution in [0.5, 0.6) is 0 Å². The van der Waals surface area contributed by atoms with Crippen LogP contribution >= 0.6 is 23.2 Å². The molecule has 0 amide bonds. The Morgan fingerprint density at radius 2 is 1.92 bits per heavy atom. The summed E-state index contributed by atoms with van der Waals surface area (Å²) in [6.07, 6.45) is 1.09. The van der Waals surface area contributed by atoms with Gasteiger partial charge in [-0.1, -0.05) is 36.7 Å². The Morgan fingerprint density at radius 1 is 1.21 bits per heavy atom. The molecule has 1 N–H and O–H groups in total. The van der Waals surface area contributed by atoms with Gasteiger partial charge in [0, 0.05) is 40.8 Å². The van der Waals surface area contributed by atoms with E-state index in [0.29, 0.717) is 24.5 Å². The van der Waals surface area contributed by atoms with Crippen LogP contribution in [0.3, 0.4) is 0 Å². The van der Waals surface area contributed by atoms with Crippen LogP contribution in [0.4, 0.5) is 8.78 Å². The summed E-state index contributed by atoms with van der Waals surface area (Å²) < 4.78 is 33.1. The molecule has 6 rings (SSSR count). The minimum Gasteiger partial charge on any atom is -0.390 e. The zero-order valence-corrected chi connectivity index (χ0v) is 22.8. The van der Waals surface area contributed by atoms with Gasteiger partial charge in [0.1, 0.15) is 6.17 Å². The Bertz CT molecular complexity index is 1260. The number of halogens is 4. The number of hydrogen-bond donors (Lipinski definition) is 1. The molecule has 38 heavy (non-hydrogen) atoms. The molecule has 4 aliphatic carbocycles. The first-order valence-corrected chi connectivity index (χ1v) is 14.1. The maximum atomic E-state index is 17.4.